The monoisotopic (exact) mass is 233 g/mol. The van der Waals surface area contributed by atoms with Crippen LogP contribution in [0.4, 0.5) is 0 Å². The van der Waals surface area contributed by atoms with Crippen molar-refractivity contribution < 1.29 is 19.0 Å². The van der Waals surface area contributed by atoms with Gasteiger partial charge in [0.05, 0.1) is 6.61 Å². The summed E-state index contributed by atoms with van der Waals surface area (Å²) in [5, 5.41) is 2.97. The summed E-state index contributed by atoms with van der Waals surface area (Å²) in [5.74, 6) is -0.157. The lowest BCUT2D eigenvalue weighted by atomic mass is 10.3. The van der Waals surface area contributed by atoms with Crippen LogP contribution in [0.1, 0.15) is 19.3 Å². The van der Waals surface area contributed by atoms with Crippen molar-refractivity contribution in [3.63, 3.8) is 0 Å². The van der Waals surface area contributed by atoms with Crippen molar-refractivity contribution in [3.8, 4) is 0 Å². The fraction of sp³-hybridized carbons (Fsp3) is 0.909. The van der Waals surface area contributed by atoms with Gasteiger partial charge in [0.1, 0.15) is 6.61 Å². The first-order chi connectivity index (χ1) is 7.81. The van der Waals surface area contributed by atoms with E-state index in [4.69, 9.17) is 14.2 Å². The molecule has 0 saturated carbocycles. The number of nitrogens with one attached hydrogen (secondary N) is 1. The minimum absolute atomic E-state index is 0.157. The molecule has 0 aromatic heterocycles. The van der Waals surface area contributed by atoms with Crippen LogP contribution >= 0.6 is 0 Å². The highest BCUT2D eigenvalue weighted by atomic mass is 16.6. The number of hydrogen-bond donors (Lipinski definition) is 1. The van der Waals surface area contributed by atoms with Gasteiger partial charge in [-0.15, -0.1) is 0 Å². The van der Waals surface area contributed by atoms with Crippen LogP contribution in [0, 0.1) is 0 Å². The van der Waals surface area contributed by atoms with Crippen LogP contribution in [0.5, 0.6) is 0 Å². The average molecular weight is 233 g/mol. The van der Waals surface area contributed by atoms with Gasteiger partial charge in [-0.25, -0.2) is 0 Å². The minimum atomic E-state index is -0.157. The third-order valence-electron chi connectivity index (χ3n) is 1.94. The van der Waals surface area contributed by atoms with Crippen molar-refractivity contribution in [2.45, 2.75) is 19.3 Å². The highest BCUT2D eigenvalue weighted by molar-refractivity contribution is 5.69. The van der Waals surface area contributed by atoms with Crippen molar-refractivity contribution in [1.29, 1.82) is 0 Å². The van der Waals surface area contributed by atoms with Crippen LogP contribution in [-0.2, 0) is 19.0 Å². The second kappa shape index (κ2) is 12.4. The van der Waals surface area contributed by atoms with Gasteiger partial charge in [-0.3, -0.25) is 4.79 Å². The fourth-order valence-corrected chi connectivity index (χ4v) is 1.10. The molecule has 16 heavy (non-hydrogen) atoms. The third kappa shape index (κ3) is 11.4. The normalized spacial score (nSPS) is 10.4. The topological polar surface area (TPSA) is 56.8 Å². The molecule has 0 saturated heterocycles. The van der Waals surface area contributed by atoms with Gasteiger partial charge >= 0.3 is 5.97 Å². The molecule has 0 aliphatic heterocycles. The highest BCUT2D eigenvalue weighted by Gasteiger charge is 2.01. The molecule has 0 atom stereocenters. The predicted octanol–water partition coefficient (Wildman–Crippen LogP) is 0.582. The second-order valence-corrected chi connectivity index (χ2v) is 3.39. The Kier molecular flexibility index (Phi) is 11.9. The Morgan fingerprint density at radius 2 is 1.94 bits per heavy atom. The zero-order valence-corrected chi connectivity index (χ0v) is 10.3. The first kappa shape index (κ1) is 15.3. The summed E-state index contributed by atoms with van der Waals surface area (Å²) in [6.45, 7) is 2.98. The van der Waals surface area contributed by atoms with Gasteiger partial charge in [-0.1, -0.05) is 0 Å². The molecule has 0 fully saturated rings. The summed E-state index contributed by atoms with van der Waals surface area (Å²) in [6, 6.07) is 0. The Hall–Kier alpha value is -0.650. The van der Waals surface area contributed by atoms with E-state index in [0.717, 1.165) is 19.4 Å². The zero-order chi connectivity index (χ0) is 12.1. The number of rotatable bonds is 11. The maximum atomic E-state index is 11.1. The Morgan fingerprint density at radius 1 is 1.12 bits per heavy atom. The number of hydrogen-bond acceptors (Lipinski definition) is 5. The number of carbonyl (C=O) groups is 1. The summed E-state index contributed by atoms with van der Waals surface area (Å²) < 4.78 is 15.1. The van der Waals surface area contributed by atoms with E-state index in [9.17, 15) is 4.79 Å². The van der Waals surface area contributed by atoms with E-state index < -0.39 is 0 Å². The van der Waals surface area contributed by atoms with E-state index in [0.29, 0.717) is 32.8 Å². The van der Waals surface area contributed by atoms with Crippen molar-refractivity contribution in [2.75, 3.05) is 47.1 Å². The van der Waals surface area contributed by atoms with E-state index in [2.05, 4.69) is 5.32 Å². The summed E-state index contributed by atoms with van der Waals surface area (Å²) in [4.78, 5) is 11.1. The lowest BCUT2D eigenvalue weighted by Gasteiger charge is -2.05. The van der Waals surface area contributed by atoms with Crippen molar-refractivity contribution in [1.82, 2.24) is 5.32 Å². The SMILES string of the molecule is CNCCCC(=O)OCCOCCCOC. The molecule has 96 valence electrons. The smallest absolute Gasteiger partial charge is 0.305 e. The zero-order valence-electron chi connectivity index (χ0n) is 10.3. The predicted molar refractivity (Wildman–Crippen MR) is 61.4 cm³/mol. The molecule has 0 aromatic rings. The summed E-state index contributed by atoms with van der Waals surface area (Å²) >= 11 is 0. The number of methoxy groups -OCH3 is 1. The van der Waals surface area contributed by atoms with Gasteiger partial charge < -0.3 is 19.5 Å². The van der Waals surface area contributed by atoms with Crippen molar-refractivity contribution in [2.24, 2.45) is 0 Å². The lowest BCUT2D eigenvalue weighted by Crippen LogP contribution is -2.14. The molecular formula is C11H23NO4. The Balaban J connectivity index is 3.09. The van der Waals surface area contributed by atoms with Gasteiger partial charge in [-0.2, -0.15) is 0 Å². The maximum absolute atomic E-state index is 11.1. The van der Waals surface area contributed by atoms with Gasteiger partial charge in [0.25, 0.3) is 0 Å². The van der Waals surface area contributed by atoms with Crippen molar-refractivity contribution >= 4 is 5.97 Å². The van der Waals surface area contributed by atoms with E-state index in [-0.39, 0.29) is 5.97 Å². The standard InChI is InChI=1S/C11H23NO4/c1-12-6-3-5-11(13)16-10-9-15-8-4-7-14-2/h12H,3-10H2,1-2H3. The first-order valence-corrected chi connectivity index (χ1v) is 5.68. The second-order valence-electron chi connectivity index (χ2n) is 3.39. The molecule has 1 N–H and O–H groups in total. The van der Waals surface area contributed by atoms with Crippen LogP contribution in [0.25, 0.3) is 0 Å². The van der Waals surface area contributed by atoms with Crippen LogP contribution < -0.4 is 5.32 Å². The molecule has 5 nitrogen and oxygen atoms in total. The van der Waals surface area contributed by atoms with Crippen LogP contribution in [0.2, 0.25) is 0 Å². The molecule has 0 aromatic carbocycles. The van der Waals surface area contributed by atoms with Gasteiger partial charge in [0.15, 0.2) is 0 Å². The quantitative estimate of drug-likeness (QED) is 0.418. The molecule has 0 heterocycles. The Bertz CT molecular complexity index is 164. The molecule has 0 spiro atoms. The summed E-state index contributed by atoms with van der Waals surface area (Å²) in [6.07, 6.45) is 2.14. The van der Waals surface area contributed by atoms with Crippen LogP contribution in [0.15, 0.2) is 0 Å². The third-order valence-corrected chi connectivity index (χ3v) is 1.94. The molecule has 0 amide bonds. The molecule has 0 aliphatic rings. The number of carbonyl (C=O) groups excluding carboxylic acids is 1. The molecule has 0 aliphatic carbocycles. The maximum Gasteiger partial charge on any atom is 0.305 e. The molecule has 0 rings (SSSR count). The van der Waals surface area contributed by atoms with Gasteiger partial charge in [0.2, 0.25) is 0 Å². The van der Waals surface area contributed by atoms with Gasteiger partial charge in [0, 0.05) is 26.7 Å². The average Bonchev–Trinajstić information content (AvgIpc) is 2.28. The first-order valence-electron chi connectivity index (χ1n) is 5.68. The molecule has 0 radical (unpaired) electrons. The van der Waals surface area contributed by atoms with Crippen LogP contribution in [-0.4, -0.2) is 53.1 Å². The number of ether oxygens (including phenoxy) is 3. The van der Waals surface area contributed by atoms with Crippen molar-refractivity contribution in [3.05, 3.63) is 0 Å². The fourth-order valence-electron chi connectivity index (χ4n) is 1.10. The molecule has 0 bridgehead atoms. The number of esters is 1. The molecule has 0 unspecified atom stereocenters. The van der Waals surface area contributed by atoms with E-state index in [1.165, 1.54) is 0 Å². The van der Waals surface area contributed by atoms with E-state index in [1.54, 1.807) is 7.11 Å². The van der Waals surface area contributed by atoms with E-state index in [1.807, 2.05) is 7.05 Å². The highest BCUT2D eigenvalue weighted by Crippen LogP contribution is 1.92. The van der Waals surface area contributed by atoms with E-state index >= 15 is 0 Å². The minimum Gasteiger partial charge on any atom is -0.463 e. The molecular weight excluding hydrogens is 210 g/mol. The lowest BCUT2D eigenvalue weighted by molar-refractivity contribution is -0.145. The summed E-state index contributed by atoms with van der Waals surface area (Å²) in [7, 11) is 3.52. The largest absolute Gasteiger partial charge is 0.463 e. The molecule has 5 heteroatoms. The Morgan fingerprint density at radius 3 is 2.62 bits per heavy atom. The van der Waals surface area contributed by atoms with Gasteiger partial charge in [-0.05, 0) is 26.4 Å². The van der Waals surface area contributed by atoms with Crippen LogP contribution in [0.3, 0.4) is 0 Å². The Labute approximate surface area is 97.4 Å². The summed E-state index contributed by atoms with van der Waals surface area (Å²) in [5.41, 5.74) is 0.